The first-order chi connectivity index (χ1) is 13.4. The van der Waals surface area contributed by atoms with Gasteiger partial charge < -0.3 is 25.2 Å². The van der Waals surface area contributed by atoms with E-state index in [4.69, 9.17) is 9.84 Å². The van der Waals surface area contributed by atoms with E-state index in [2.05, 4.69) is 19.1 Å². The summed E-state index contributed by atoms with van der Waals surface area (Å²) in [4.78, 5) is 10.5. The topological polar surface area (TPSA) is 107 Å². The van der Waals surface area contributed by atoms with Gasteiger partial charge in [-0.1, -0.05) is 55.5 Å². The largest absolute Gasteiger partial charge is 0.481 e. The first-order valence-corrected chi connectivity index (χ1v) is 9.98. The Kier molecular flexibility index (Phi) is 12.4. The van der Waals surface area contributed by atoms with Gasteiger partial charge in [-0.3, -0.25) is 4.79 Å². The number of carboxylic acids is 1. The van der Waals surface area contributed by atoms with Crippen LogP contribution >= 0.6 is 0 Å². The average molecular weight is 395 g/mol. The molecule has 0 aromatic carbocycles. The predicted octanol–water partition coefficient (Wildman–Crippen LogP) is 2.90. The summed E-state index contributed by atoms with van der Waals surface area (Å²) in [5.74, 6) is -0.845. The Morgan fingerprint density at radius 3 is 2.57 bits per heavy atom. The molecule has 0 aromatic heterocycles. The van der Waals surface area contributed by atoms with Crippen molar-refractivity contribution in [3.8, 4) is 0 Å². The first-order valence-electron chi connectivity index (χ1n) is 9.98. The summed E-state index contributed by atoms with van der Waals surface area (Å²) in [6.45, 7) is 2.08. The van der Waals surface area contributed by atoms with Crippen molar-refractivity contribution in [3.63, 3.8) is 0 Å². The van der Waals surface area contributed by atoms with Crippen LogP contribution < -0.4 is 0 Å². The smallest absolute Gasteiger partial charge is 0.303 e. The van der Waals surface area contributed by atoms with Crippen molar-refractivity contribution >= 4 is 5.97 Å². The zero-order chi connectivity index (χ0) is 20.8. The molecule has 0 spiro atoms. The van der Waals surface area contributed by atoms with Crippen LogP contribution in [-0.2, 0) is 9.53 Å². The number of rotatable bonds is 13. The Bertz CT molecular complexity index is 551. The van der Waals surface area contributed by atoms with E-state index in [0.29, 0.717) is 25.7 Å². The van der Waals surface area contributed by atoms with Gasteiger partial charge in [0.1, 0.15) is 0 Å². The van der Waals surface area contributed by atoms with Crippen molar-refractivity contribution in [2.24, 2.45) is 0 Å². The molecular formula is C22H34O6. The molecule has 0 aromatic rings. The van der Waals surface area contributed by atoms with Gasteiger partial charge in [-0.2, -0.15) is 0 Å². The lowest BCUT2D eigenvalue weighted by Gasteiger charge is -2.16. The lowest BCUT2D eigenvalue weighted by atomic mass is 10.0. The molecule has 1 heterocycles. The highest BCUT2D eigenvalue weighted by atomic mass is 16.5. The summed E-state index contributed by atoms with van der Waals surface area (Å²) < 4.78 is 5.71. The van der Waals surface area contributed by atoms with Gasteiger partial charge in [-0.05, 0) is 32.1 Å². The van der Waals surface area contributed by atoms with E-state index in [0.717, 1.165) is 12.8 Å². The van der Waals surface area contributed by atoms with Gasteiger partial charge in [-0.25, -0.2) is 0 Å². The molecule has 1 saturated heterocycles. The van der Waals surface area contributed by atoms with Crippen LogP contribution in [0.1, 0.15) is 51.9 Å². The fourth-order valence-corrected chi connectivity index (χ4v) is 2.87. The maximum atomic E-state index is 10.5. The van der Waals surface area contributed by atoms with Gasteiger partial charge in [0.15, 0.2) is 0 Å². The second-order valence-electron chi connectivity index (χ2n) is 6.92. The minimum absolute atomic E-state index is 0.0731. The molecule has 0 unspecified atom stereocenters. The van der Waals surface area contributed by atoms with E-state index in [1.807, 2.05) is 12.2 Å². The predicted molar refractivity (Wildman–Crippen MR) is 109 cm³/mol. The highest BCUT2D eigenvalue weighted by molar-refractivity contribution is 5.66. The molecular weight excluding hydrogens is 360 g/mol. The number of hydrogen-bond donors (Lipinski definition) is 4. The van der Waals surface area contributed by atoms with Crippen molar-refractivity contribution in [3.05, 3.63) is 48.6 Å². The third-order valence-corrected chi connectivity index (χ3v) is 4.44. The monoisotopic (exact) mass is 394 g/mol. The van der Waals surface area contributed by atoms with Crippen LogP contribution in [0.3, 0.4) is 0 Å². The van der Waals surface area contributed by atoms with E-state index >= 15 is 0 Å². The maximum absolute atomic E-state index is 10.5. The summed E-state index contributed by atoms with van der Waals surface area (Å²) in [7, 11) is 0. The number of carboxylic acid groups (broad SMARTS) is 1. The highest BCUT2D eigenvalue weighted by Gasteiger charge is 2.36. The van der Waals surface area contributed by atoms with Gasteiger partial charge in [0.05, 0.1) is 30.5 Å². The van der Waals surface area contributed by atoms with E-state index in [-0.39, 0.29) is 6.42 Å². The SMILES string of the molecule is CC/C=C\C/C=C\C[C@@H](O)/C=C/[C@@H](O)[C@@H]1C[C@@H](O)[C@H](C/C=C\CCC(=O)O)O1. The third kappa shape index (κ3) is 10.6. The fraction of sp³-hybridized carbons (Fsp3) is 0.591. The lowest BCUT2D eigenvalue weighted by Crippen LogP contribution is -2.24. The fourth-order valence-electron chi connectivity index (χ4n) is 2.87. The number of allylic oxidation sites excluding steroid dienone is 4. The van der Waals surface area contributed by atoms with Crippen LogP contribution in [-0.4, -0.2) is 56.9 Å². The number of aliphatic hydroxyl groups excluding tert-OH is 3. The summed E-state index contributed by atoms with van der Waals surface area (Å²) in [5.41, 5.74) is 0. The van der Waals surface area contributed by atoms with Crippen LogP contribution in [0.4, 0.5) is 0 Å². The van der Waals surface area contributed by atoms with E-state index < -0.39 is 36.5 Å². The number of aliphatic carboxylic acids is 1. The first kappa shape index (κ1) is 24.3. The second kappa shape index (κ2) is 14.3. The van der Waals surface area contributed by atoms with Gasteiger partial charge in [0.25, 0.3) is 0 Å². The lowest BCUT2D eigenvalue weighted by molar-refractivity contribution is -0.136. The van der Waals surface area contributed by atoms with Gasteiger partial charge >= 0.3 is 5.97 Å². The quantitative estimate of drug-likeness (QED) is 0.358. The van der Waals surface area contributed by atoms with Crippen LogP contribution in [0, 0.1) is 0 Å². The standard InChI is InChI=1S/C22H34O6/c1-2-3-4-5-6-8-11-17(23)14-15-18(24)21-16-19(25)20(28-21)12-9-7-10-13-22(26)27/h3-4,6-9,14-15,17-21,23-25H,2,5,10-13,16H2,1H3,(H,26,27)/b4-3-,8-6-,9-7-,15-14+/t17-,18-,19-,20+,21+/m1/s1. The molecule has 5 atom stereocenters. The molecule has 0 radical (unpaired) electrons. The van der Waals surface area contributed by atoms with Crippen molar-refractivity contribution in [2.45, 2.75) is 82.4 Å². The molecule has 6 heteroatoms. The normalized spacial score (nSPS) is 25.5. The Morgan fingerprint density at radius 2 is 1.86 bits per heavy atom. The van der Waals surface area contributed by atoms with E-state index in [1.54, 1.807) is 18.2 Å². The molecule has 1 aliphatic heterocycles. The molecule has 4 N–H and O–H groups in total. The Balaban J connectivity index is 2.33. The molecule has 1 aliphatic rings. The van der Waals surface area contributed by atoms with Crippen molar-refractivity contribution < 1.29 is 30.0 Å². The maximum Gasteiger partial charge on any atom is 0.303 e. The number of aliphatic hydroxyl groups is 3. The van der Waals surface area contributed by atoms with E-state index in [1.165, 1.54) is 6.08 Å². The van der Waals surface area contributed by atoms with Crippen molar-refractivity contribution in [1.29, 1.82) is 0 Å². The molecule has 1 rings (SSSR count). The molecule has 0 amide bonds. The van der Waals surface area contributed by atoms with Crippen LogP contribution in [0.25, 0.3) is 0 Å². The van der Waals surface area contributed by atoms with Crippen LogP contribution in [0.15, 0.2) is 48.6 Å². The van der Waals surface area contributed by atoms with Crippen LogP contribution in [0.5, 0.6) is 0 Å². The summed E-state index contributed by atoms with van der Waals surface area (Å²) >= 11 is 0. The zero-order valence-electron chi connectivity index (χ0n) is 16.6. The number of ether oxygens (including phenoxy) is 1. The summed E-state index contributed by atoms with van der Waals surface area (Å²) in [6.07, 6.45) is 15.1. The van der Waals surface area contributed by atoms with Gasteiger partial charge in [0, 0.05) is 12.8 Å². The van der Waals surface area contributed by atoms with Crippen molar-refractivity contribution in [1.82, 2.24) is 0 Å². The average Bonchev–Trinajstić information content (AvgIpc) is 3.03. The van der Waals surface area contributed by atoms with Gasteiger partial charge in [-0.15, -0.1) is 0 Å². The second-order valence-corrected chi connectivity index (χ2v) is 6.92. The zero-order valence-corrected chi connectivity index (χ0v) is 16.6. The third-order valence-electron chi connectivity index (χ3n) is 4.44. The number of hydrogen-bond acceptors (Lipinski definition) is 5. The molecule has 0 bridgehead atoms. The molecule has 0 aliphatic carbocycles. The Labute approximate surface area is 167 Å². The minimum Gasteiger partial charge on any atom is -0.481 e. The Morgan fingerprint density at radius 1 is 1.11 bits per heavy atom. The summed E-state index contributed by atoms with van der Waals surface area (Å²) in [5, 5.41) is 38.8. The molecule has 1 fully saturated rings. The minimum atomic E-state index is -0.901. The molecule has 158 valence electrons. The molecule has 28 heavy (non-hydrogen) atoms. The highest BCUT2D eigenvalue weighted by Crippen LogP contribution is 2.26. The molecule has 6 nitrogen and oxygen atoms in total. The summed E-state index contributed by atoms with van der Waals surface area (Å²) in [6, 6.07) is 0. The Hall–Kier alpha value is -1.73. The molecule has 0 saturated carbocycles. The van der Waals surface area contributed by atoms with Crippen LogP contribution in [0.2, 0.25) is 0 Å². The van der Waals surface area contributed by atoms with Gasteiger partial charge in [0.2, 0.25) is 0 Å². The van der Waals surface area contributed by atoms with E-state index in [9.17, 15) is 20.1 Å². The number of carbonyl (C=O) groups is 1. The van der Waals surface area contributed by atoms with Crippen molar-refractivity contribution in [2.75, 3.05) is 0 Å².